The minimum absolute atomic E-state index is 0. The Kier molecular flexibility index (Phi) is 8.38. The zero-order valence-corrected chi connectivity index (χ0v) is 16.8. The lowest BCUT2D eigenvalue weighted by Crippen LogP contribution is -2.51. The summed E-state index contributed by atoms with van der Waals surface area (Å²) in [6.45, 7) is 4.66. The SMILES string of the molecule is COc1cccc(CC(=O)N2CCN(C(=O)CCC3CCNC3)CC2)c1.Cl. The number of hydrogen-bond acceptors (Lipinski definition) is 4. The molecule has 0 radical (unpaired) electrons. The van der Waals surface area contributed by atoms with Crippen molar-refractivity contribution >= 4 is 24.2 Å². The van der Waals surface area contributed by atoms with E-state index in [-0.39, 0.29) is 24.2 Å². The second kappa shape index (κ2) is 10.5. The van der Waals surface area contributed by atoms with Gasteiger partial charge in [-0.1, -0.05) is 12.1 Å². The van der Waals surface area contributed by atoms with Crippen molar-refractivity contribution in [3.8, 4) is 5.75 Å². The maximum atomic E-state index is 12.5. The van der Waals surface area contributed by atoms with E-state index in [4.69, 9.17) is 4.74 Å². The smallest absolute Gasteiger partial charge is 0.227 e. The van der Waals surface area contributed by atoms with Crippen LogP contribution in [0.25, 0.3) is 0 Å². The molecule has 2 heterocycles. The number of ether oxygens (including phenoxy) is 1. The lowest BCUT2D eigenvalue weighted by atomic mass is 10.0. The van der Waals surface area contributed by atoms with Gasteiger partial charge in [-0.2, -0.15) is 0 Å². The van der Waals surface area contributed by atoms with Crippen LogP contribution >= 0.6 is 12.4 Å². The van der Waals surface area contributed by atoms with Crippen molar-refractivity contribution in [1.29, 1.82) is 0 Å². The van der Waals surface area contributed by atoms with Crippen LogP contribution in [0.2, 0.25) is 0 Å². The number of rotatable bonds is 6. The summed E-state index contributed by atoms with van der Waals surface area (Å²) in [5.74, 6) is 1.76. The van der Waals surface area contributed by atoms with E-state index >= 15 is 0 Å². The third-order valence-corrected chi connectivity index (χ3v) is 5.40. The Balaban J connectivity index is 0.00000261. The Morgan fingerprint density at radius 2 is 1.85 bits per heavy atom. The third-order valence-electron chi connectivity index (χ3n) is 5.40. The Hall–Kier alpha value is -1.79. The standard InChI is InChI=1S/C20H29N3O3.ClH/c1-26-18-4-2-3-17(13-18)14-20(25)23-11-9-22(10-12-23)19(24)6-5-16-7-8-21-15-16;/h2-4,13,16,21H,5-12,14-15H2,1H3;1H. The van der Waals surface area contributed by atoms with Gasteiger partial charge in [-0.3, -0.25) is 9.59 Å². The molecule has 2 amide bonds. The fraction of sp³-hybridized carbons (Fsp3) is 0.600. The predicted octanol–water partition coefficient (Wildman–Crippen LogP) is 1.72. The average molecular weight is 396 g/mol. The molecule has 0 spiro atoms. The Bertz CT molecular complexity index is 627. The lowest BCUT2D eigenvalue weighted by Gasteiger charge is -2.35. The van der Waals surface area contributed by atoms with Gasteiger partial charge >= 0.3 is 0 Å². The molecule has 1 aromatic carbocycles. The van der Waals surface area contributed by atoms with E-state index in [9.17, 15) is 9.59 Å². The summed E-state index contributed by atoms with van der Waals surface area (Å²) in [4.78, 5) is 28.7. The minimum atomic E-state index is 0. The van der Waals surface area contributed by atoms with Gasteiger partial charge in [0.05, 0.1) is 13.5 Å². The number of hydrogen-bond donors (Lipinski definition) is 1. The quantitative estimate of drug-likeness (QED) is 0.796. The molecular weight excluding hydrogens is 366 g/mol. The van der Waals surface area contributed by atoms with Gasteiger partial charge in [0, 0.05) is 32.6 Å². The molecule has 0 aliphatic carbocycles. The van der Waals surface area contributed by atoms with Gasteiger partial charge in [0.1, 0.15) is 5.75 Å². The fourth-order valence-corrected chi connectivity index (χ4v) is 3.72. The van der Waals surface area contributed by atoms with Crippen molar-refractivity contribution in [2.24, 2.45) is 5.92 Å². The largest absolute Gasteiger partial charge is 0.497 e. The van der Waals surface area contributed by atoms with Crippen molar-refractivity contribution < 1.29 is 14.3 Å². The molecule has 6 nitrogen and oxygen atoms in total. The second-order valence-electron chi connectivity index (χ2n) is 7.19. The number of halogens is 1. The average Bonchev–Trinajstić information content (AvgIpc) is 3.20. The highest BCUT2D eigenvalue weighted by Gasteiger charge is 2.25. The fourth-order valence-electron chi connectivity index (χ4n) is 3.72. The van der Waals surface area contributed by atoms with Gasteiger partial charge in [-0.05, 0) is 49.5 Å². The molecule has 27 heavy (non-hydrogen) atoms. The van der Waals surface area contributed by atoms with E-state index in [1.54, 1.807) is 7.11 Å². The van der Waals surface area contributed by atoms with Crippen molar-refractivity contribution in [2.75, 3.05) is 46.4 Å². The molecule has 2 fully saturated rings. The summed E-state index contributed by atoms with van der Waals surface area (Å²) in [6, 6.07) is 7.62. The first-order valence-corrected chi connectivity index (χ1v) is 9.55. The molecule has 1 aromatic rings. The van der Waals surface area contributed by atoms with Gasteiger partial charge in [0.15, 0.2) is 0 Å². The number of nitrogens with one attached hydrogen (secondary N) is 1. The van der Waals surface area contributed by atoms with Crippen LogP contribution in [0.15, 0.2) is 24.3 Å². The normalized spacial score (nSPS) is 19.5. The van der Waals surface area contributed by atoms with Gasteiger partial charge in [0.2, 0.25) is 11.8 Å². The van der Waals surface area contributed by atoms with E-state index in [0.29, 0.717) is 44.9 Å². The Morgan fingerprint density at radius 1 is 1.15 bits per heavy atom. The van der Waals surface area contributed by atoms with Crippen molar-refractivity contribution in [1.82, 2.24) is 15.1 Å². The van der Waals surface area contributed by atoms with Gasteiger partial charge < -0.3 is 19.9 Å². The molecule has 0 saturated carbocycles. The highest BCUT2D eigenvalue weighted by atomic mass is 35.5. The van der Waals surface area contributed by atoms with Crippen molar-refractivity contribution in [2.45, 2.75) is 25.7 Å². The number of benzene rings is 1. The molecule has 2 aliphatic heterocycles. The summed E-state index contributed by atoms with van der Waals surface area (Å²) in [5, 5.41) is 3.34. The number of carbonyl (C=O) groups excluding carboxylic acids is 2. The number of piperazine rings is 1. The number of amides is 2. The van der Waals surface area contributed by atoms with Gasteiger partial charge in [-0.25, -0.2) is 0 Å². The molecule has 1 atom stereocenters. The Labute approximate surface area is 167 Å². The topological polar surface area (TPSA) is 61.9 Å². The zero-order chi connectivity index (χ0) is 18.4. The van der Waals surface area contributed by atoms with Crippen LogP contribution in [0.3, 0.4) is 0 Å². The summed E-state index contributed by atoms with van der Waals surface area (Å²) < 4.78 is 5.21. The maximum Gasteiger partial charge on any atom is 0.227 e. The summed E-state index contributed by atoms with van der Waals surface area (Å²) >= 11 is 0. The highest BCUT2D eigenvalue weighted by Crippen LogP contribution is 2.17. The predicted molar refractivity (Wildman–Crippen MR) is 107 cm³/mol. The maximum absolute atomic E-state index is 12.5. The Morgan fingerprint density at radius 3 is 2.48 bits per heavy atom. The van der Waals surface area contributed by atoms with E-state index in [0.717, 1.165) is 30.8 Å². The molecule has 3 rings (SSSR count). The lowest BCUT2D eigenvalue weighted by molar-refractivity contribution is -0.139. The molecule has 0 aromatic heterocycles. The second-order valence-corrected chi connectivity index (χ2v) is 7.19. The van der Waals surface area contributed by atoms with Gasteiger partial charge in [-0.15, -0.1) is 12.4 Å². The highest BCUT2D eigenvalue weighted by molar-refractivity contribution is 5.85. The van der Waals surface area contributed by atoms with E-state index in [1.165, 1.54) is 6.42 Å². The monoisotopic (exact) mass is 395 g/mol. The number of nitrogens with zero attached hydrogens (tertiary/aromatic N) is 2. The van der Waals surface area contributed by atoms with Crippen LogP contribution in [0.1, 0.15) is 24.8 Å². The summed E-state index contributed by atoms with van der Waals surface area (Å²) in [6.07, 6.45) is 3.16. The third kappa shape index (κ3) is 6.11. The van der Waals surface area contributed by atoms with Gasteiger partial charge in [0.25, 0.3) is 0 Å². The number of carbonyl (C=O) groups is 2. The van der Waals surface area contributed by atoms with Crippen molar-refractivity contribution in [3.05, 3.63) is 29.8 Å². The summed E-state index contributed by atoms with van der Waals surface area (Å²) in [5.41, 5.74) is 0.957. The van der Waals surface area contributed by atoms with Crippen LogP contribution in [0, 0.1) is 5.92 Å². The number of methoxy groups -OCH3 is 1. The molecule has 150 valence electrons. The van der Waals surface area contributed by atoms with Crippen LogP contribution in [-0.4, -0.2) is 68.0 Å². The van der Waals surface area contributed by atoms with Crippen LogP contribution < -0.4 is 10.1 Å². The molecule has 1 unspecified atom stereocenters. The van der Waals surface area contributed by atoms with E-state index in [1.807, 2.05) is 34.1 Å². The van der Waals surface area contributed by atoms with Crippen LogP contribution in [0.5, 0.6) is 5.75 Å². The van der Waals surface area contributed by atoms with E-state index in [2.05, 4.69) is 5.32 Å². The minimum Gasteiger partial charge on any atom is -0.497 e. The molecule has 1 N–H and O–H groups in total. The van der Waals surface area contributed by atoms with E-state index < -0.39 is 0 Å². The van der Waals surface area contributed by atoms with Crippen LogP contribution in [-0.2, 0) is 16.0 Å². The molecule has 2 saturated heterocycles. The molecule has 2 aliphatic rings. The first-order chi connectivity index (χ1) is 12.7. The molecule has 0 bridgehead atoms. The van der Waals surface area contributed by atoms with Crippen LogP contribution in [0.4, 0.5) is 0 Å². The van der Waals surface area contributed by atoms with Crippen molar-refractivity contribution in [3.63, 3.8) is 0 Å². The first kappa shape index (κ1) is 21.5. The first-order valence-electron chi connectivity index (χ1n) is 9.55. The molecular formula is C20H30ClN3O3. The summed E-state index contributed by atoms with van der Waals surface area (Å²) in [7, 11) is 1.63. The molecule has 7 heteroatoms. The zero-order valence-electron chi connectivity index (χ0n) is 16.0.